The number of amides is 1. The van der Waals surface area contributed by atoms with E-state index in [-0.39, 0.29) is 23.9 Å². The van der Waals surface area contributed by atoms with Crippen molar-refractivity contribution in [2.24, 2.45) is 0 Å². The van der Waals surface area contributed by atoms with E-state index in [1.165, 1.54) is 6.08 Å². The van der Waals surface area contributed by atoms with Crippen molar-refractivity contribution in [2.45, 2.75) is 18.5 Å². The zero-order chi connectivity index (χ0) is 24.2. The molecular formula is C27H24ClN5O2. The summed E-state index contributed by atoms with van der Waals surface area (Å²) in [7, 11) is 1.65. The molecule has 3 aromatic carbocycles. The number of anilines is 2. The number of hydrogen-bond donors (Lipinski definition) is 2. The van der Waals surface area contributed by atoms with Gasteiger partial charge in [-0.1, -0.05) is 66.2 Å². The van der Waals surface area contributed by atoms with Gasteiger partial charge in [-0.3, -0.25) is 10.1 Å². The van der Waals surface area contributed by atoms with Gasteiger partial charge in [0.15, 0.2) is 0 Å². The van der Waals surface area contributed by atoms with Crippen LogP contribution in [0.25, 0.3) is 6.08 Å². The lowest BCUT2D eigenvalue weighted by Gasteiger charge is -2.31. The van der Waals surface area contributed by atoms with Crippen LogP contribution in [0.4, 0.5) is 11.9 Å². The number of carbonyl (C=O) groups excluding carboxylic acids is 1. The lowest BCUT2D eigenvalue weighted by Crippen LogP contribution is -2.28. The maximum Gasteiger partial charge on any atom is 0.250 e. The summed E-state index contributed by atoms with van der Waals surface area (Å²) < 4.78 is 7.15. The van der Waals surface area contributed by atoms with E-state index in [1.807, 2.05) is 59.3 Å². The zero-order valence-electron chi connectivity index (χ0n) is 19.1. The van der Waals surface area contributed by atoms with E-state index in [0.717, 1.165) is 28.9 Å². The quantitative estimate of drug-likeness (QED) is 0.340. The first kappa shape index (κ1) is 22.7. The third-order valence-corrected chi connectivity index (χ3v) is 6.18. The minimum atomic E-state index is -0.316. The SMILES string of the molecule is COc1ccc([C@@H]2C[C@@H](c3ccccc3)Nc3nc(NC(=O)/C=C/c4ccc(Cl)cc4)nn32)cc1. The van der Waals surface area contributed by atoms with Crippen LogP contribution in [0.5, 0.6) is 5.75 Å². The van der Waals surface area contributed by atoms with Crippen LogP contribution in [0.3, 0.4) is 0 Å². The van der Waals surface area contributed by atoms with E-state index in [9.17, 15) is 4.79 Å². The normalized spacial score (nSPS) is 17.0. The summed E-state index contributed by atoms with van der Waals surface area (Å²) in [5.41, 5.74) is 3.12. The van der Waals surface area contributed by atoms with Crippen LogP contribution in [0.2, 0.25) is 5.02 Å². The van der Waals surface area contributed by atoms with Crippen molar-refractivity contribution in [3.05, 3.63) is 107 Å². The van der Waals surface area contributed by atoms with E-state index in [2.05, 4.69) is 32.8 Å². The number of halogens is 1. The predicted molar refractivity (Wildman–Crippen MR) is 138 cm³/mol. The number of ether oxygens (including phenoxy) is 1. The van der Waals surface area contributed by atoms with Gasteiger partial charge in [-0.15, -0.1) is 5.10 Å². The number of nitrogens with zero attached hydrogens (tertiary/aromatic N) is 3. The summed E-state index contributed by atoms with van der Waals surface area (Å²) in [5, 5.41) is 11.5. The molecule has 5 rings (SSSR count). The van der Waals surface area contributed by atoms with Gasteiger partial charge in [-0.25, -0.2) is 4.68 Å². The first-order valence-electron chi connectivity index (χ1n) is 11.3. The summed E-state index contributed by atoms with van der Waals surface area (Å²) in [5.74, 6) is 1.32. The topological polar surface area (TPSA) is 81.1 Å². The van der Waals surface area contributed by atoms with Gasteiger partial charge in [0.25, 0.3) is 11.9 Å². The number of methoxy groups -OCH3 is 1. The molecule has 0 saturated carbocycles. The highest BCUT2D eigenvalue weighted by Gasteiger charge is 2.31. The lowest BCUT2D eigenvalue weighted by molar-refractivity contribution is -0.111. The molecule has 0 radical (unpaired) electrons. The number of fused-ring (bicyclic) bond motifs is 1. The second kappa shape index (κ2) is 10.0. The van der Waals surface area contributed by atoms with Crippen molar-refractivity contribution >= 4 is 35.5 Å². The van der Waals surface area contributed by atoms with Crippen LogP contribution in [-0.4, -0.2) is 27.8 Å². The predicted octanol–water partition coefficient (Wildman–Crippen LogP) is 5.74. The maximum atomic E-state index is 12.5. The Morgan fingerprint density at radius 1 is 1.06 bits per heavy atom. The fraction of sp³-hybridized carbons (Fsp3) is 0.148. The number of benzene rings is 3. The summed E-state index contributed by atoms with van der Waals surface area (Å²) in [6.45, 7) is 0. The maximum absolute atomic E-state index is 12.5. The first-order chi connectivity index (χ1) is 17.1. The van der Waals surface area contributed by atoms with Gasteiger partial charge in [-0.05, 0) is 53.5 Å². The van der Waals surface area contributed by atoms with Gasteiger partial charge in [0, 0.05) is 11.1 Å². The Bertz CT molecular complexity index is 1330. The lowest BCUT2D eigenvalue weighted by atomic mass is 9.93. The molecule has 4 aromatic rings. The number of rotatable bonds is 6. The molecule has 176 valence electrons. The highest BCUT2D eigenvalue weighted by atomic mass is 35.5. The Kier molecular flexibility index (Phi) is 6.50. The van der Waals surface area contributed by atoms with E-state index in [4.69, 9.17) is 16.3 Å². The Morgan fingerprint density at radius 3 is 2.51 bits per heavy atom. The standard InChI is InChI=1S/C27H24ClN5O2/c1-35-22-14-10-20(11-15-22)24-17-23(19-5-3-2-4-6-19)29-27-31-26(32-33(24)27)30-25(34)16-9-18-7-12-21(28)13-8-18/h2-16,23-24H,17H2,1H3,(H2,29,30,31,32,34)/b16-9+/t23-,24-/m0/s1. The molecule has 1 amide bonds. The van der Waals surface area contributed by atoms with E-state index >= 15 is 0 Å². The summed E-state index contributed by atoms with van der Waals surface area (Å²) in [4.78, 5) is 17.1. The van der Waals surface area contributed by atoms with Crippen LogP contribution in [0.15, 0.2) is 84.9 Å². The van der Waals surface area contributed by atoms with E-state index in [0.29, 0.717) is 11.0 Å². The van der Waals surface area contributed by atoms with E-state index in [1.54, 1.807) is 25.3 Å². The molecule has 0 saturated heterocycles. The Hall–Kier alpha value is -4.10. The second-order valence-electron chi connectivity index (χ2n) is 8.21. The summed E-state index contributed by atoms with van der Waals surface area (Å²) in [6, 6.07) is 25.4. The van der Waals surface area contributed by atoms with E-state index < -0.39 is 0 Å². The van der Waals surface area contributed by atoms with Gasteiger partial charge in [0.1, 0.15) is 5.75 Å². The summed E-state index contributed by atoms with van der Waals surface area (Å²) >= 11 is 5.92. The molecule has 0 bridgehead atoms. The molecule has 0 spiro atoms. The van der Waals surface area contributed by atoms with Crippen LogP contribution < -0.4 is 15.4 Å². The summed E-state index contributed by atoms with van der Waals surface area (Å²) in [6.07, 6.45) is 3.94. The molecule has 2 atom stereocenters. The minimum Gasteiger partial charge on any atom is -0.497 e. The van der Waals surface area contributed by atoms with Gasteiger partial charge in [0.05, 0.1) is 19.2 Å². The van der Waals surface area contributed by atoms with Crippen LogP contribution in [-0.2, 0) is 4.79 Å². The van der Waals surface area contributed by atoms with Crippen LogP contribution in [0.1, 0.15) is 35.2 Å². The van der Waals surface area contributed by atoms with Gasteiger partial charge in [-0.2, -0.15) is 4.98 Å². The van der Waals surface area contributed by atoms with Gasteiger partial charge < -0.3 is 10.1 Å². The molecule has 0 fully saturated rings. The molecule has 7 nitrogen and oxygen atoms in total. The fourth-order valence-electron chi connectivity index (χ4n) is 4.14. The van der Waals surface area contributed by atoms with Crippen molar-refractivity contribution < 1.29 is 9.53 Å². The monoisotopic (exact) mass is 485 g/mol. The molecule has 1 aliphatic heterocycles. The Balaban J connectivity index is 1.40. The molecule has 2 N–H and O–H groups in total. The average Bonchev–Trinajstić information content (AvgIpc) is 3.30. The number of hydrogen-bond acceptors (Lipinski definition) is 5. The zero-order valence-corrected chi connectivity index (χ0v) is 19.8. The number of carbonyl (C=O) groups is 1. The van der Waals surface area contributed by atoms with Crippen LogP contribution in [0, 0.1) is 0 Å². The fourth-order valence-corrected chi connectivity index (χ4v) is 4.26. The molecule has 1 aromatic heterocycles. The first-order valence-corrected chi connectivity index (χ1v) is 11.6. The number of nitrogens with one attached hydrogen (secondary N) is 2. The molecule has 8 heteroatoms. The number of aromatic nitrogens is 3. The van der Waals surface area contributed by atoms with Gasteiger partial charge >= 0.3 is 0 Å². The largest absolute Gasteiger partial charge is 0.497 e. The highest BCUT2D eigenvalue weighted by molar-refractivity contribution is 6.30. The average molecular weight is 486 g/mol. The van der Waals surface area contributed by atoms with Crippen LogP contribution >= 0.6 is 11.6 Å². The molecule has 1 aliphatic rings. The minimum absolute atomic E-state index is 0.0494. The van der Waals surface area contributed by atoms with Crippen molar-refractivity contribution in [1.29, 1.82) is 0 Å². The van der Waals surface area contributed by atoms with Crippen molar-refractivity contribution in [1.82, 2.24) is 14.8 Å². The molecule has 0 aliphatic carbocycles. The molecule has 2 heterocycles. The molecular weight excluding hydrogens is 462 g/mol. The Labute approximate surface area is 208 Å². The highest BCUT2D eigenvalue weighted by Crippen LogP contribution is 2.38. The van der Waals surface area contributed by atoms with Gasteiger partial charge in [0.2, 0.25) is 5.95 Å². The molecule has 35 heavy (non-hydrogen) atoms. The third kappa shape index (κ3) is 5.20. The molecule has 0 unspecified atom stereocenters. The smallest absolute Gasteiger partial charge is 0.250 e. The Morgan fingerprint density at radius 2 is 1.80 bits per heavy atom. The third-order valence-electron chi connectivity index (χ3n) is 5.92. The second-order valence-corrected chi connectivity index (χ2v) is 8.65. The van der Waals surface area contributed by atoms with Crippen molar-refractivity contribution in [3.63, 3.8) is 0 Å². The van der Waals surface area contributed by atoms with Crippen molar-refractivity contribution in [3.8, 4) is 5.75 Å². The van der Waals surface area contributed by atoms with Crippen molar-refractivity contribution in [2.75, 3.05) is 17.7 Å².